The van der Waals surface area contributed by atoms with Gasteiger partial charge in [0.15, 0.2) is 0 Å². The number of anilines is 1. The zero-order chi connectivity index (χ0) is 22.1. The van der Waals surface area contributed by atoms with E-state index in [1.54, 1.807) is 18.2 Å². The highest BCUT2D eigenvalue weighted by molar-refractivity contribution is 5.95. The van der Waals surface area contributed by atoms with Crippen molar-refractivity contribution in [1.82, 2.24) is 0 Å². The smallest absolute Gasteiger partial charge is 0.338 e. The summed E-state index contributed by atoms with van der Waals surface area (Å²) in [4.78, 5) is 25.2. The Morgan fingerprint density at radius 2 is 1.81 bits per heavy atom. The van der Waals surface area contributed by atoms with Gasteiger partial charge in [-0.1, -0.05) is 57.0 Å². The Balaban J connectivity index is 1.68. The van der Waals surface area contributed by atoms with Gasteiger partial charge in [0.1, 0.15) is 12.4 Å². The summed E-state index contributed by atoms with van der Waals surface area (Å²) in [7, 11) is 0. The quantitative estimate of drug-likeness (QED) is 0.477. The van der Waals surface area contributed by atoms with E-state index in [0.29, 0.717) is 41.9 Å². The molecule has 1 aliphatic rings. The second-order valence-corrected chi connectivity index (χ2v) is 8.74. The first kappa shape index (κ1) is 22.9. The van der Waals surface area contributed by atoms with Gasteiger partial charge in [0, 0.05) is 18.2 Å². The van der Waals surface area contributed by atoms with Gasteiger partial charge in [-0.2, -0.15) is 0 Å². The molecule has 5 heteroatoms. The first-order valence-corrected chi connectivity index (χ1v) is 11.3. The second kappa shape index (κ2) is 11.5. The van der Waals surface area contributed by atoms with Crippen LogP contribution in [0.3, 0.4) is 0 Å². The zero-order valence-electron chi connectivity index (χ0n) is 18.6. The maximum Gasteiger partial charge on any atom is 0.338 e. The van der Waals surface area contributed by atoms with Crippen molar-refractivity contribution in [3.05, 3.63) is 59.7 Å². The van der Waals surface area contributed by atoms with E-state index < -0.39 is 5.97 Å². The number of carbonyl (C=O) groups is 2. The molecule has 0 aliphatic heterocycles. The Bertz CT molecular complexity index is 857. The van der Waals surface area contributed by atoms with E-state index in [0.717, 1.165) is 24.8 Å². The summed E-state index contributed by atoms with van der Waals surface area (Å²) in [5.74, 6) is 1.08. The monoisotopic (exact) mass is 423 g/mol. The molecule has 0 atom stereocenters. The predicted octanol–water partition coefficient (Wildman–Crippen LogP) is 5.99. The molecule has 0 aromatic heterocycles. The number of carbonyl (C=O) groups excluding carboxylic acids is 2. The number of ether oxygens (including phenoxy) is 2. The molecule has 1 saturated carbocycles. The Hall–Kier alpha value is -2.82. The van der Waals surface area contributed by atoms with Gasteiger partial charge in [-0.3, -0.25) is 4.79 Å². The highest BCUT2D eigenvalue weighted by Crippen LogP contribution is 2.28. The number of hydrogen-bond donors (Lipinski definition) is 1. The molecular weight excluding hydrogens is 390 g/mol. The van der Waals surface area contributed by atoms with Crippen molar-refractivity contribution in [1.29, 1.82) is 0 Å². The van der Waals surface area contributed by atoms with E-state index in [1.165, 1.54) is 12.8 Å². The topological polar surface area (TPSA) is 64.6 Å². The fraction of sp³-hybridized carbons (Fsp3) is 0.462. The van der Waals surface area contributed by atoms with Crippen molar-refractivity contribution in [2.24, 2.45) is 11.8 Å². The number of nitrogens with one attached hydrogen (secondary N) is 1. The molecule has 0 unspecified atom stereocenters. The second-order valence-electron chi connectivity index (χ2n) is 8.74. The molecule has 0 bridgehead atoms. The van der Waals surface area contributed by atoms with Gasteiger partial charge in [-0.05, 0) is 48.8 Å². The third-order valence-corrected chi connectivity index (χ3v) is 5.55. The van der Waals surface area contributed by atoms with E-state index in [4.69, 9.17) is 9.47 Å². The van der Waals surface area contributed by atoms with E-state index in [-0.39, 0.29) is 12.5 Å². The third-order valence-electron chi connectivity index (χ3n) is 5.55. The van der Waals surface area contributed by atoms with Crippen molar-refractivity contribution in [2.75, 3.05) is 11.9 Å². The Morgan fingerprint density at radius 3 is 2.52 bits per heavy atom. The molecule has 2 aromatic rings. The number of amides is 1. The lowest BCUT2D eigenvalue weighted by atomic mass is 10.0. The summed E-state index contributed by atoms with van der Waals surface area (Å²) in [5.41, 5.74) is 1.86. The van der Waals surface area contributed by atoms with Crippen LogP contribution in [0.25, 0.3) is 0 Å². The van der Waals surface area contributed by atoms with Gasteiger partial charge in [-0.15, -0.1) is 0 Å². The van der Waals surface area contributed by atoms with Crippen molar-refractivity contribution < 1.29 is 19.1 Å². The van der Waals surface area contributed by atoms with Crippen LogP contribution < -0.4 is 10.1 Å². The van der Waals surface area contributed by atoms with E-state index >= 15 is 0 Å². The Kier molecular flexibility index (Phi) is 8.51. The van der Waals surface area contributed by atoms with Crippen molar-refractivity contribution >= 4 is 17.6 Å². The molecule has 1 aliphatic carbocycles. The summed E-state index contributed by atoms with van der Waals surface area (Å²) in [6, 6.07) is 14.7. The van der Waals surface area contributed by atoms with Crippen LogP contribution in [0, 0.1) is 11.8 Å². The van der Waals surface area contributed by atoms with Crippen LogP contribution in [-0.2, 0) is 16.1 Å². The molecule has 1 fully saturated rings. The van der Waals surface area contributed by atoms with E-state index in [2.05, 4.69) is 19.2 Å². The average Bonchev–Trinajstić information content (AvgIpc) is 3.25. The van der Waals surface area contributed by atoms with Crippen molar-refractivity contribution in [2.45, 2.75) is 59.0 Å². The van der Waals surface area contributed by atoms with E-state index in [1.807, 2.05) is 30.3 Å². The minimum Gasteiger partial charge on any atom is -0.493 e. The summed E-state index contributed by atoms with van der Waals surface area (Å²) < 4.78 is 11.3. The van der Waals surface area contributed by atoms with Crippen LogP contribution in [-0.4, -0.2) is 18.5 Å². The molecule has 1 N–H and O–H groups in total. The lowest BCUT2D eigenvalue weighted by Gasteiger charge is -2.14. The lowest BCUT2D eigenvalue weighted by Crippen LogP contribution is -2.16. The van der Waals surface area contributed by atoms with Crippen LogP contribution in [0.5, 0.6) is 5.75 Å². The van der Waals surface area contributed by atoms with E-state index in [9.17, 15) is 9.59 Å². The lowest BCUT2D eigenvalue weighted by molar-refractivity contribution is -0.117. The predicted molar refractivity (Wildman–Crippen MR) is 122 cm³/mol. The zero-order valence-corrected chi connectivity index (χ0v) is 18.6. The Morgan fingerprint density at radius 1 is 1.06 bits per heavy atom. The molecule has 0 heterocycles. The SMILES string of the molecule is CC(C)CCOc1cc(NC(=O)CC2CCCC2)cc(C(=O)OCc2ccccc2)c1. The summed E-state index contributed by atoms with van der Waals surface area (Å²) in [5, 5.41) is 2.95. The molecule has 0 spiro atoms. The first-order valence-electron chi connectivity index (χ1n) is 11.3. The summed E-state index contributed by atoms with van der Waals surface area (Å²) >= 11 is 0. The summed E-state index contributed by atoms with van der Waals surface area (Å²) in [6.07, 6.45) is 6.06. The minimum absolute atomic E-state index is 0.0187. The van der Waals surface area contributed by atoms with Gasteiger partial charge >= 0.3 is 5.97 Å². The largest absolute Gasteiger partial charge is 0.493 e. The van der Waals surface area contributed by atoms with Gasteiger partial charge in [0.05, 0.1) is 12.2 Å². The van der Waals surface area contributed by atoms with Crippen LogP contribution in [0.2, 0.25) is 0 Å². The molecular formula is C26H33NO4. The number of rotatable bonds is 10. The number of benzene rings is 2. The molecule has 31 heavy (non-hydrogen) atoms. The normalized spacial score (nSPS) is 13.9. The number of esters is 1. The minimum atomic E-state index is -0.440. The average molecular weight is 424 g/mol. The molecule has 0 saturated heterocycles. The fourth-order valence-corrected chi connectivity index (χ4v) is 3.78. The van der Waals surface area contributed by atoms with Gasteiger partial charge < -0.3 is 14.8 Å². The molecule has 2 aromatic carbocycles. The molecule has 5 nitrogen and oxygen atoms in total. The van der Waals surface area contributed by atoms with Crippen LogP contribution in [0.1, 0.15) is 68.3 Å². The summed E-state index contributed by atoms with van der Waals surface area (Å²) in [6.45, 7) is 5.02. The molecule has 3 rings (SSSR count). The molecule has 1 amide bonds. The molecule has 166 valence electrons. The van der Waals surface area contributed by atoms with Gasteiger partial charge in [0.25, 0.3) is 0 Å². The van der Waals surface area contributed by atoms with Crippen LogP contribution >= 0.6 is 0 Å². The number of hydrogen-bond acceptors (Lipinski definition) is 4. The fourth-order valence-electron chi connectivity index (χ4n) is 3.78. The standard InChI is InChI=1S/C26H33NO4/c1-19(2)12-13-30-24-16-22(26(29)31-18-21-10-4-3-5-11-21)15-23(17-24)27-25(28)14-20-8-6-7-9-20/h3-5,10-11,15-17,19-20H,6-9,12-14,18H2,1-2H3,(H,27,28). The maximum absolute atomic E-state index is 12.7. The van der Waals surface area contributed by atoms with Crippen LogP contribution in [0.15, 0.2) is 48.5 Å². The van der Waals surface area contributed by atoms with Gasteiger partial charge in [0.2, 0.25) is 5.91 Å². The Labute approximate surface area is 185 Å². The van der Waals surface area contributed by atoms with Crippen LogP contribution in [0.4, 0.5) is 5.69 Å². The van der Waals surface area contributed by atoms with Crippen molar-refractivity contribution in [3.8, 4) is 5.75 Å². The third kappa shape index (κ3) is 7.74. The van der Waals surface area contributed by atoms with Crippen molar-refractivity contribution in [3.63, 3.8) is 0 Å². The first-order chi connectivity index (χ1) is 15.0. The van der Waals surface area contributed by atoms with Gasteiger partial charge in [-0.25, -0.2) is 4.79 Å². The highest BCUT2D eigenvalue weighted by atomic mass is 16.5. The molecule has 0 radical (unpaired) electrons. The highest BCUT2D eigenvalue weighted by Gasteiger charge is 2.19. The maximum atomic E-state index is 12.7.